The van der Waals surface area contributed by atoms with Gasteiger partial charge in [0.15, 0.2) is 0 Å². The summed E-state index contributed by atoms with van der Waals surface area (Å²) in [4.78, 5) is 25.8. The molecule has 1 atom stereocenters. The Labute approximate surface area is 113 Å². The normalized spacial score (nSPS) is 19.6. The van der Waals surface area contributed by atoms with Gasteiger partial charge in [0.25, 0.3) is 0 Å². The zero-order valence-electron chi connectivity index (χ0n) is 11.6. The quantitative estimate of drug-likeness (QED) is 0.883. The molecule has 2 rings (SSSR count). The van der Waals surface area contributed by atoms with Gasteiger partial charge in [-0.2, -0.15) is 0 Å². The summed E-state index contributed by atoms with van der Waals surface area (Å²) in [5.74, 6) is -0.286. The van der Waals surface area contributed by atoms with Crippen molar-refractivity contribution in [2.45, 2.75) is 32.7 Å². The number of nitrogens with zero attached hydrogens (tertiary/aromatic N) is 1. The second-order valence-corrected chi connectivity index (χ2v) is 5.98. The molecule has 19 heavy (non-hydrogen) atoms. The summed E-state index contributed by atoms with van der Waals surface area (Å²) in [6.07, 6.45) is 0.288. The molecular weight excluding hydrogens is 240 g/mol. The Morgan fingerprint density at radius 3 is 2.47 bits per heavy atom. The van der Waals surface area contributed by atoms with Gasteiger partial charge in [0.1, 0.15) is 0 Å². The van der Waals surface area contributed by atoms with Crippen LogP contribution in [0.25, 0.3) is 0 Å². The minimum Gasteiger partial charge on any atom is -0.351 e. The first-order chi connectivity index (χ1) is 8.87. The average molecular weight is 260 g/mol. The van der Waals surface area contributed by atoms with Crippen LogP contribution in [0.15, 0.2) is 30.3 Å². The molecule has 0 unspecified atom stereocenters. The van der Waals surface area contributed by atoms with Crippen LogP contribution in [0, 0.1) is 5.92 Å². The highest BCUT2D eigenvalue weighted by molar-refractivity contribution is 6.00. The summed E-state index contributed by atoms with van der Waals surface area (Å²) in [5.41, 5.74) is 0.596. The van der Waals surface area contributed by atoms with Crippen LogP contribution in [0.1, 0.15) is 27.2 Å². The fourth-order valence-electron chi connectivity index (χ4n) is 2.21. The number of nitrogens with one attached hydrogen (secondary N) is 1. The van der Waals surface area contributed by atoms with Gasteiger partial charge in [0.05, 0.1) is 5.92 Å². The lowest BCUT2D eigenvalue weighted by molar-refractivity contribution is -0.127. The number of carbonyl (C=O) groups is 2. The summed E-state index contributed by atoms with van der Waals surface area (Å²) < 4.78 is 0. The van der Waals surface area contributed by atoms with Crippen molar-refractivity contribution < 1.29 is 9.59 Å². The first-order valence-electron chi connectivity index (χ1n) is 6.54. The zero-order chi connectivity index (χ0) is 14.0. The van der Waals surface area contributed by atoms with E-state index < -0.39 is 0 Å². The highest BCUT2D eigenvalue weighted by atomic mass is 16.2. The minimum atomic E-state index is -0.264. The molecular formula is C15H20N2O2. The van der Waals surface area contributed by atoms with Crippen LogP contribution in [-0.2, 0) is 9.59 Å². The van der Waals surface area contributed by atoms with Crippen molar-refractivity contribution in [1.82, 2.24) is 5.32 Å². The molecule has 102 valence electrons. The monoisotopic (exact) mass is 260 g/mol. The van der Waals surface area contributed by atoms with Crippen LogP contribution in [0.3, 0.4) is 0 Å². The molecule has 1 aromatic carbocycles. The fourth-order valence-corrected chi connectivity index (χ4v) is 2.21. The van der Waals surface area contributed by atoms with Crippen molar-refractivity contribution in [3.8, 4) is 0 Å². The molecule has 1 N–H and O–H groups in total. The molecule has 1 aliphatic rings. The molecule has 1 saturated heterocycles. The highest BCUT2D eigenvalue weighted by Gasteiger charge is 2.36. The van der Waals surface area contributed by atoms with Gasteiger partial charge < -0.3 is 10.2 Å². The molecule has 1 aliphatic heterocycles. The van der Waals surface area contributed by atoms with Gasteiger partial charge in [0, 0.05) is 24.2 Å². The number of benzene rings is 1. The summed E-state index contributed by atoms with van der Waals surface area (Å²) in [7, 11) is 0. The van der Waals surface area contributed by atoms with Gasteiger partial charge in [-0.3, -0.25) is 9.59 Å². The molecule has 0 radical (unpaired) electrons. The molecule has 4 nitrogen and oxygen atoms in total. The molecule has 2 amide bonds. The molecule has 0 aliphatic carbocycles. The summed E-state index contributed by atoms with van der Waals surface area (Å²) in [6, 6.07) is 9.48. The lowest BCUT2D eigenvalue weighted by Gasteiger charge is -2.23. The maximum absolute atomic E-state index is 12.1. The maximum atomic E-state index is 12.1. The van der Waals surface area contributed by atoms with Crippen molar-refractivity contribution in [2.24, 2.45) is 5.92 Å². The van der Waals surface area contributed by atoms with Crippen LogP contribution >= 0.6 is 0 Å². The number of para-hydroxylation sites is 1. The molecule has 0 aromatic heterocycles. The lowest BCUT2D eigenvalue weighted by atomic mass is 10.0. The second-order valence-electron chi connectivity index (χ2n) is 5.98. The van der Waals surface area contributed by atoms with Gasteiger partial charge in [-0.1, -0.05) is 18.2 Å². The zero-order valence-corrected chi connectivity index (χ0v) is 11.6. The Kier molecular flexibility index (Phi) is 3.60. The molecule has 1 aromatic rings. The number of carbonyl (C=O) groups excluding carboxylic acids is 2. The van der Waals surface area contributed by atoms with Crippen LogP contribution in [0.2, 0.25) is 0 Å². The van der Waals surface area contributed by atoms with Crippen molar-refractivity contribution in [2.75, 3.05) is 11.4 Å². The first-order valence-corrected chi connectivity index (χ1v) is 6.54. The van der Waals surface area contributed by atoms with Crippen LogP contribution in [0.5, 0.6) is 0 Å². The minimum absolute atomic E-state index is 0.0141. The van der Waals surface area contributed by atoms with E-state index in [0.717, 1.165) is 5.69 Å². The summed E-state index contributed by atoms with van der Waals surface area (Å²) in [6.45, 7) is 6.29. The van der Waals surface area contributed by atoms with Crippen molar-refractivity contribution >= 4 is 17.5 Å². The Morgan fingerprint density at radius 1 is 1.26 bits per heavy atom. The van der Waals surface area contributed by atoms with E-state index in [2.05, 4.69) is 5.32 Å². The third kappa shape index (κ3) is 3.34. The number of hydrogen-bond acceptors (Lipinski definition) is 2. The third-order valence-electron chi connectivity index (χ3n) is 3.06. The first kappa shape index (κ1) is 13.6. The van der Waals surface area contributed by atoms with Gasteiger partial charge in [-0.05, 0) is 32.9 Å². The van der Waals surface area contributed by atoms with Crippen molar-refractivity contribution in [3.05, 3.63) is 30.3 Å². The number of rotatable bonds is 2. The molecule has 4 heteroatoms. The topological polar surface area (TPSA) is 49.4 Å². The maximum Gasteiger partial charge on any atom is 0.227 e. The second kappa shape index (κ2) is 5.03. The van der Waals surface area contributed by atoms with Crippen LogP contribution < -0.4 is 10.2 Å². The number of amides is 2. The smallest absolute Gasteiger partial charge is 0.227 e. The number of hydrogen-bond donors (Lipinski definition) is 1. The molecule has 0 bridgehead atoms. The van der Waals surface area contributed by atoms with Gasteiger partial charge >= 0.3 is 0 Å². The molecule has 0 spiro atoms. The Morgan fingerprint density at radius 2 is 1.89 bits per heavy atom. The predicted molar refractivity (Wildman–Crippen MR) is 74.8 cm³/mol. The predicted octanol–water partition coefficient (Wildman–Crippen LogP) is 1.95. The van der Waals surface area contributed by atoms with E-state index in [9.17, 15) is 9.59 Å². The van der Waals surface area contributed by atoms with Crippen molar-refractivity contribution in [1.29, 1.82) is 0 Å². The van der Waals surface area contributed by atoms with E-state index in [0.29, 0.717) is 6.54 Å². The van der Waals surface area contributed by atoms with Crippen molar-refractivity contribution in [3.63, 3.8) is 0 Å². The Bertz CT molecular complexity index is 477. The van der Waals surface area contributed by atoms with E-state index in [4.69, 9.17) is 0 Å². The lowest BCUT2D eigenvalue weighted by Crippen LogP contribution is -2.44. The van der Waals surface area contributed by atoms with Crippen LogP contribution in [0.4, 0.5) is 5.69 Å². The number of anilines is 1. The average Bonchev–Trinajstić information content (AvgIpc) is 2.70. The Balaban J connectivity index is 2.06. The molecule has 1 heterocycles. The fraction of sp³-hybridized carbons (Fsp3) is 0.467. The largest absolute Gasteiger partial charge is 0.351 e. The van der Waals surface area contributed by atoms with E-state index in [1.54, 1.807) is 4.90 Å². The SMILES string of the molecule is CC(C)(C)NC(=O)[C@@H]1CC(=O)N(c2ccccc2)C1. The van der Waals surface area contributed by atoms with E-state index in [-0.39, 0.29) is 29.7 Å². The Hall–Kier alpha value is -1.84. The van der Waals surface area contributed by atoms with Crippen LogP contribution in [-0.4, -0.2) is 23.9 Å². The molecule has 0 saturated carbocycles. The highest BCUT2D eigenvalue weighted by Crippen LogP contribution is 2.25. The van der Waals surface area contributed by atoms with Gasteiger partial charge in [-0.25, -0.2) is 0 Å². The molecule has 1 fully saturated rings. The standard InChI is InChI=1S/C15H20N2O2/c1-15(2,3)16-14(19)11-9-13(18)17(10-11)12-7-5-4-6-8-12/h4-8,11H,9-10H2,1-3H3,(H,16,19)/t11-/m1/s1. The third-order valence-corrected chi connectivity index (χ3v) is 3.06. The summed E-state index contributed by atoms with van der Waals surface area (Å²) in [5, 5.41) is 2.94. The van der Waals surface area contributed by atoms with E-state index >= 15 is 0 Å². The van der Waals surface area contributed by atoms with E-state index in [1.165, 1.54) is 0 Å². The van der Waals surface area contributed by atoms with E-state index in [1.807, 2.05) is 51.1 Å². The summed E-state index contributed by atoms with van der Waals surface area (Å²) >= 11 is 0. The van der Waals surface area contributed by atoms with Gasteiger partial charge in [0.2, 0.25) is 11.8 Å². The van der Waals surface area contributed by atoms with Gasteiger partial charge in [-0.15, -0.1) is 0 Å².